The number of benzene rings is 1. The summed E-state index contributed by atoms with van der Waals surface area (Å²) < 4.78 is 13.1. The quantitative estimate of drug-likeness (QED) is 0.916. The molecule has 1 aromatic heterocycles. The van der Waals surface area contributed by atoms with Crippen molar-refractivity contribution in [3.8, 4) is 0 Å². The summed E-state index contributed by atoms with van der Waals surface area (Å²) in [5, 5.41) is 3.02. The average Bonchev–Trinajstić information content (AvgIpc) is 2.67. The fourth-order valence-corrected chi connectivity index (χ4v) is 3.09. The van der Waals surface area contributed by atoms with Gasteiger partial charge >= 0.3 is 6.03 Å². The zero-order chi connectivity index (χ0) is 18.6. The van der Waals surface area contributed by atoms with Crippen molar-refractivity contribution < 1.29 is 9.18 Å². The molecule has 0 saturated carbocycles. The van der Waals surface area contributed by atoms with Crippen molar-refractivity contribution in [1.82, 2.24) is 15.2 Å². The molecular weight excluding hydrogens is 331 g/mol. The summed E-state index contributed by atoms with van der Waals surface area (Å²) in [4.78, 5) is 20.9. The molecule has 0 spiro atoms. The van der Waals surface area contributed by atoms with Crippen molar-refractivity contribution >= 4 is 11.8 Å². The molecule has 0 atom stereocenters. The minimum absolute atomic E-state index is 0.0548. The van der Waals surface area contributed by atoms with Crippen molar-refractivity contribution in [1.29, 1.82) is 0 Å². The van der Waals surface area contributed by atoms with Crippen LogP contribution < -0.4 is 10.2 Å². The Morgan fingerprint density at radius 1 is 1.12 bits per heavy atom. The van der Waals surface area contributed by atoms with Gasteiger partial charge in [-0.15, -0.1) is 0 Å². The number of hydrogen-bond donors (Lipinski definition) is 1. The average molecular weight is 356 g/mol. The molecule has 1 aromatic carbocycles. The number of piperazine rings is 1. The molecule has 138 valence electrons. The van der Waals surface area contributed by atoms with E-state index in [1.807, 2.05) is 36.9 Å². The Kier molecular flexibility index (Phi) is 5.40. The maximum absolute atomic E-state index is 13.1. The molecule has 0 unspecified atom stereocenters. The van der Waals surface area contributed by atoms with E-state index in [0.717, 1.165) is 24.5 Å². The number of nitrogens with one attached hydrogen (secondary N) is 1. The molecule has 26 heavy (non-hydrogen) atoms. The first kappa shape index (κ1) is 18.2. The summed E-state index contributed by atoms with van der Waals surface area (Å²) in [6, 6.07) is 12.3. The first-order chi connectivity index (χ1) is 12.5. The van der Waals surface area contributed by atoms with Crippen LogP contribution in [0, 0.1) is 5.82 Å². The first-order valence-corrected chi connectivity index (χ1v) is 8.90. The van der Waals surface area contributed by atoms with Crippen molar-refractivity contribution in [3.63, 3.8) is 0 Å². The molecule has 1 N–H and O–H groups in total. The third-order valence-electron chi connectivity index (χ3n) is 4.85. The molecule has 1 aliphatic heterocycles. The van der Waals surface area contributed by atoms with Crippen LogP contribution in [-0.2, 0) is 5.41 Å². The fraction of sp³-hybridized carbons (Fsp3) is 0.400. The molecule has 0 aliphatic carbocycles. The Morgan fingerprint density at radius 3 is 2.42 bits per heavy atom. The predicted octanol–water partition coefficient (Wildman–Crippen LogP) is 3.03. The normalized spacial score (nSPS) is 15.0. The third kappa shape index (κ3) is 4.31. The number of carbonyl (C=O) groups is 1. The first-order valence-electron chi connectivity index (χ1n) is 8.90. The van der Waals surface area contributed by atoms with Crippen LogP contribution in [0.4, 0.5) is 15.0 Å². The highest BCUT2D eigenvalue weighted by atomic mass is 19.1. The maximum Gasteiger partial charge on any atom is 0.317 e. The summed E-state index contributed by atoms with van der Waals surface area (Å²) >= 11 is 0. The van der Waals surface area contributed by atoms with Crippen LogP contribution in [0.25, 0.3) is 0 Å². The number of pyridine rings is 1. The highest BCUT2D eigenvalue weighted by molar-refractivity contribution is 5.74. The summed E-state index contributed by atoms with van der Waals surface area (Å²) in [6.45, 7) is 7.45. The number of rotatable bonds is 4. The van der Waals surface area contributed by atoms with Crippen LogP contribution in [0.5, 0.6) is 0 Å². The van der Waals surface area contributed by atoms with Crippen LogP contribution in [-0.4, -0.2) is 48.6 Å². The molecule has 5 nitrogen and oxygen atoms in total. The Morgan fingerprint density at radius 2 is 1.81 bits per heavy atom. The molecule has 2 heterocycles. The predicted molar refractivity (Wildman–Crippen MR) is 101 cm³/mol. The second-order valence-corrected chi connectivity index (χ2v) is 7.21. The van der Waals surface area contributed by atoms with Crippen LogP contribution in [0.1, 0.15) is 19.4 Å². The number of carbonyl (C=O) groups excluding carboxylic acids is 1. The van der Waals surface area contributed by atoms with E-state index < -0.39 is 0 Å². The standard InChI is InChI=1S/C20H25FN4O/c1-20(2,16-6-8-17(21)9-7-16)15-23-19(26)25-13-11-24(12-14-25)18-5-3-4-10-22-18/h3-10H,11-15H2,1-2H3,(H,23,26). The fourth-order valence-electron chi connectivity index (χ4n) is 3.09. The topological polar surface area (TPSA) is 48.5 Å². The zero-order valence-corrected chi connectivity index (χ0v) is 15.3. The van der Waals surface area contributed by atoms with Gasteiger partial charge in [-0.3, -0.25) is 0 Å². The van der Waals surface area contributed by atoms with E-state index in [1.165, 1.54) is 12.1 Å². The molecular formula is C20H25FN4O. The minimum Gasteiger partial charge on any atom is -0.353 e. The monoisotopic (exact) mass is 356 g/mol. The van der Waals surface area contributed by atoms with Crippen LogP contribution in [0.2, 0.25) is 0 Å². The van der Waals surface area contributed by atoms with Gasteiger partial charge < -0.3 is 15.1 Å². The molecule has 2 amide bonds. The van der Waals surface area contributed by atoms with Gasteiger partial charge in [-0.05, 0) is 29.8 Å². The van der Waals surface area contributed by atoms with Crippen LogP contribution in [0.3, 0.4) is 0 Å². The second-order valence-electron chi connectivity index (χ2n) is 7.21. The second kappa shape index (κ2) is 7.72. The van der Waals surface area contributed by atoms with Gasteiger partial charge in [0.1, 0.15) is 11.6 Å². The summed E-state index contributed by atoms with van der Waals surface area (Å²) in [5.74, 6) is 0.698. The number of urea groups is 1. The molecule has 2 aromatic rings. The van der Waals surface area contributed by atoms with E-state index in [0.29, 0.717) is 19.6 Å². The van der Waals surface area contributed by atoms with Crippen LogP contribution >= 0.6 is 0 Å². The van der Waals surface area contributed by atoms with Gasteiger partial charge in [0.25, 0.3) is 0 Å². The van der Waals surface area contributed by atoms with E-state index in [4.69, 9.17) is 0 Å². The smallest absolute Gasteiger partial charge is 0.317 e. The summed E-state index contributed by atoms with van der Waals surface area (Å²) in [6.07, 6.45) is 1.78. The van der Waals surface area contributed by atoms with Gasteiger partial charge in [0.05, 0.1) is 0 Å². The minimum atomic E-state index is -0.265. The van der Waals surface area contributed by atoms with Gasteiger partial charge in [0, 0.05) is 44.3 Å². The lowest BCUT2D eigenvalue weighted by Crippen LogP contribution is -2.53. The molecule has 6 heteroatoms. The Bertz CT molecular complexity index is 725. The van der Waals surface area contributed by atoms with Crippen molar-refractivity contribution in [2.45, 2.75) is 19.3 Å². The maximum atomic E-state index is 13.1. The van der Waals surface area contributed by atoms with Crippen molar-refractivity contribution in [3.05, 3.63) is 60.0 Å². The number of halogens is 1. The zero-order valence-electron chi connectivity index (χ0n) is 15.3. The molecule has 3 rings (SSSR count). The molecule has 0 bridgehead atoms. The molecule has 1 aliphatic rings. The summed E-state index contributed by atoms with van der Waals surface area (Å²) in [7, 11) is 0. The van der Waals surface area contributed by atoms with Crippen molar-refractivity contribution in [2.24, 2.45) is 0 Å². The third-order valence-corrected chi connectivity index (χ3v) is 4.85. The Hall–Kier alpha value is -2.63. The largest absolute Gasteiger partial charge is 0.353 e. The van der Waals surface area contributed by atoms with E-state index in [1.54, 1.807) is 18.3 Å². The van der Waals surface area contributed by atoms with Gasteiger partial charge in [-0.25, -0.2) is 14.2 Å². The SMILES string of the molecule is CC(C)(CNC(=O)N1CCN(c2ccccn2)CC1)c1ccc(F)cc1. The molecule has 0 radical (unpaired) electrons. The number of nitrogens with zero attached hydrogens (tertiary/aromatic N) is 3. The molecule has 1 fully saturated rings. The number of aromatic nitrogens is 1. The highest BCUT2D eigenvalue weighted by Crippen LogP contribution is 2.22. The van der Waals surface area contributed by atoms with E-state index in [9.17, 15) is 9.18 Å². The lowest BCUT2D eigenvalue weighted by Gasteiger charge is -2.36. The Balaban J connectivity index is 1.50. The number of amides is 2. The number of anilines is 1. The highest BCUT2D eigenvalue weighted by Gasteiger charge is 2.25. The van der Waals surface area contributed by atoms with E-state index in [2.05, 4.69) is 15.2 Å². The van der Waals surface area contributed by atoms with Crippen molar-refractivity contribution in [2.75, 3.05) is 37.6 Å². The van der Waals surface area contributed by atoms with Gasteiger partial charge in [0.2, 0.25) is 0 Å². The van der Waals surface area contributed by atoms with Gasteiger partial charge in [0.15, 0.2) is 0 Å². The van der Waals surface area contributed by atoms with Crippen LogP contribution in [0.15, 0.2) is 48.7 Å². The van der Waals surface area contributed by atoms with E-state index in [-0.39, 0.29) is 17.3 Å². The number of hydrogen-bond acceptors (Lipinski definition) is 3. The Labute approximate surface area is 153 Å². The van der Waals surface area contributed by atoms with E-state index >= 15 is 0 Å². The summed E-state index contributed by atoms with van der Waals surface area (Å²) in [5.41, 5.74) is 0.734. The lowest BCUT2D eigenvalue weighted by atomic mass is 9.84. The van der Waals surface area contributed by atoms with Gasteiger partial charge in [-0.1, -0.05) is 32.0 Å². The van der Waals surface area contributed by atoms with Gasteiger partial charge in [-0.2, -0.15) is 0 Å². The lowest BCUT2D eigenvalue weighted by molar-refractivity contribution is 0.192. The molecule has 1 saturated heterocycles.